The number of fused-ring (bicyclic) bond motifs is 1. The Labute approximate surface area is 134 Å². The molecule has 0 atom stereocenters. The Bertz CT molecular complexity index is 1010. The van der Waals surface area contributed by atoms with Gasteiger partial charge in [0.25, 0.3) is 5.89 Å². The lowest BCUT2D eigenvalue weighted by Crippen LogP contribution is -1.83. The average Bonchev–Trinajstić information content (AvgIpc) is 3.01. The van der Waals surface area contributed by atoms with Gasteiger partial charge in [0.05, 0.1) is 11.3 Å². The number of pyridine rings is 1. The smallest absolute Gasteiger partial charge is 0.259 e. The van der Waals surface area contributed by atoms with Gasteiger partial charge in [-0.25, -0.2) is 4.98 Å². The average molecular weight is 324 g/mol. The van der Waals surface area contributed by atoms with E-state index in [0.717, 1.165) is 27.2 Å². The van der Waals surface area contributed by atoms with Crippen molar-refractivity contribution in [3.05, 3.63) is 29.7 Å². The molecule has 4 aromatic rings. The summed E-state index contributed by atoms with van der Waals surface area (Å²) in [6.07, 6.45) is 4.18. The second-order valence-electron chi connectivity index (χ2n) is 5.75. The molecule has 4 heterocycles. The van der Waals surface area contributed by atoms with Crippen LogP contribution in [0.15, 0.2) is 22.9 Å². The summed E-state index contributed by atoms with van der Waals surface area (Å²) in [6, 6.07) is 3.99. The molecule has 1 aliphatic carbocycles. The second-order valence-corrected chi connectivity index (χ2v) is 6.50. The second kappa shape index (κ2) is 4.69. The van der Waals surface area contributed by atoms with Crippen molar-refractivity contribution in [2.75, 3.05) is 0 Å². The standard InChI is InChI=1S/C15H12N6OS/c1-7-10-4-9(6-16-15(10)23-21-7)14-17-13(20-22-14)12-5-11(18-19-12)8-2-3-8/h4-6,8H,2-3H2,1H3,(H,18,19). The van der Waals surface area contributed by atoms with Crippen molar-refractivity contribution in [3.63, 3.8) is 0 Å². The Morgan fingerprint density at radius 2 is 2.22 bits per heavy atom. The van der Waals surface area contributed by atoms with Gasteiger partial charge in [-0.1, -0.05) is 5.16 Å². The number of nitrogens with one attached hydrogen (secondary N) is 1. The van der Waals surface area contributed by atoms with Crippen LogP contribution in [0.3, 0.4) is 0 Å². The largest absolute Gasteiger partial charge is 0.333 e. The Kier molecular flexibility index (Phi) is 2.63. The quantitative estimate of drug-likeness (QED) is 0.621. The SMILES string of the molecule is Cc1nsc2ncc(-c3nc(-c4cc(C5CC5)[nH]n4)no3)cc12. The number of hydrogen-bond acceptors (Lipinski definition) is 7. The Morgan fingerprint density at radius 3 is 3.09 bits per heavy atom. The monoisotopic (exact) mass is 324 g/mol. The van der Waals surface area contributed by atoms with E-state index in [1.54, 1.807) is 6.20 Å². The Balaban J connectivity index is 1.52. The molecule has 1 saturated carbocycles. The number of aromatic nitrogens is 6. The van der Waals surface area contributed by atoms with Crippen molar-refractivity contribution in [1.82, 2.24) is 29.7 Å². The number of rotatable bonds is 3. The lowest BCUT2D eigenvalue weighted by Gasteiger charge is -1.94. The van der Waals surface area contributed by atoms with Gasteiger partial charge in [0.15, 0.2) is 0 Å². The first kappa shape index (κ1) is 12.9. The summed E-state index contributed by atoms with van der Waals surface area (Å²) in [7, 11) is 0. The van der Waals surface area contributed by atoms with Gasteiger partial charge in [-0.05, 0) is 43.4 Å². The van der Waals surface area contributed by atoms with Crippen LogP contribution in [0, 0.1) is 6.92 Å². The molecule has 0 amide bonds. The third kappa shape index (κ3) is 2.14. The molecular weight excluding hydrogens is 312 g/mol. The van der Waals surface area contributed by atoms with Crippen molar-refractivity contribution in [1.29, 1.82) is 0 Å². The van der Waals surface area contributed by atoms with E-state index < -0.39 is 0 Å². The molecule has 0 spiro atoms. The number of H-pyrrole nitrogens is 1. The van der Waals surface area contributed by atoms with Gasteiger partial charge < -0.3 is 4.52 Å². The molecule has 0 aliphatic heterocycles. The highest BCUT2D eigenvalue weighted by atomic mass is 32.1. The van der Waals surface area contributed by atoms with Crippen LogP contribution in [0.1, 0.15) is 30.1 Å². The van der Waals surface area contributed by atoms with E-state index in [1.165, 1.54) is 24.4 Å². The highest BCUT2D eigenvalue weighted by Crippen LogP contribution is 2.39. The zero-order valence-electron chi connectivity index (χ0n) is 12.3. The normalized spacial score (nSPS) is 14.7. The van der Waals surface area contributed by atoms with E-state index >= 15 is 0 Å². The minimum Gasteiger partial charge on any atom is -0.333 e. The molecule has 7 nitrogen and oxygen atoms in total. The summed E-state index contributed by atoms with van der Waals surface area (Å²) in [4.78, 5) is 9.76. The summed E-state index contributed by atoms with van der Waals surface area (Å²) in [5.74, 6) is 1.54. The molecule has 0 unspecified atom stereocenters. The van der Waals surface area contributed by atoms with Crippen LogP contribution in [0.5, 0.6) is 0 Å². The topological polar surface area (TPSA) is 93.4 Å². The fourth-order valence-corrected chi connectivity index (χ4v) is 3.29. The van der Waals surface area contributed by atoms with Gasteiger partial charge in [-0.3, -0.25) is 5.10 Å². The van der Waals surface area contributed by atoms with Crippen molar-refractivity contribution in [3.8, 4) is 23.0 Å². The zero-order valence-corrected chi connectivity index (χ0v) is 13.1. The van der Waals surface area contributed by atoms with Crippen molar-refractivity contribution >= 4 is 21.7 Å². The first-order valence-corrected chi connectivity index (χ1v) is 8.17. The molecule has 114 valence electrons. The van der Waals surface area contributed by atoms with Crippen LogP contribution in [0.25, 0.3) is 33.2 Å². The summed E-state index contributed by atoms with van der Waals surface area (Å²) in [5, 5.41) is 12.4. The summed E-state index contributed by atoms with van der Waals surface area (Å²) < 4.78 is 9.69. The predicted octanol–water partition coefficient (Wildman–Crippen LogP) is 3.32. The molecule has 23 heavy (non-hydrogen) atoms. The van der Waals surface area contributed by atoms with Gasteiger partial charge >= 0.3 is 0 Å². The molecule has 0 aromatic carbocycles. The van der Waals surface area contributed by atoms with Crippen molar-refractivity contribution < 1.29 is 4.52 Å². The Hall–Kier alpha value is -2.61. The van der Waals surface area contributed by atoms with Gasteiger partial charge in [-0.15, -0.1) is 0 Å². The number of aromatic amines is 1. The summed E-state index contributed by atoms with van der Waals surface area (Å²) >= 11 is 1.39. The van der Waals surface area contributed by atoms with Gasteiger partial charge in [0.1, 0.15) is 10.5 Å². The third-order valence-corrected chi connectivity index (χ3v) is 4.89. The summed E-state index contributed by atoms with van der Waals surface area (Å²) in [6.45, 7) is 1.96. The third-order valence-electron chi connectivity index (χ3n) is 4.03. The number of nitrogens with zero attached hydrogens (tertiary/aromatic N) is 5. The van der Waals surface area contributed by atoms with E-state index in [-0.39, 0.29) is 0 Å². The molecular formula is C15H12N6OS. The molecule has 0 bridgehead atoms. The van der Waals surface area contributed by atoms with Crippen molar-refractivity contribution in [2.24, 2.45) is 0 Å². The lowest BCUT2D eigenvalue weighted by atomic mass is 10.2. The van der Waals surface area contributed by atoms with Crippen LogP contribution in [-0.4, -0.2) is 29.7 Å². The lowest BCUT2D eigenvalue weighted by molar-refractivity contribution is 0.432. The highest BCUT2D eigenvalue weighted by Gasteiger charge is 2.26. The van der Waals surface area contributed by atoms with Crippen LogP contribution >= 0.6 is 11.5 Å². The van der Waals surface area contributed by atoms with Crippen molar-refractivity contribution in [2.45, 2.75) is 25.7 Å². The number of hydrogen-bond donors (Lipinski definition) is 1. The molecule has 1 aliphatic rings. The first-order valence-electron chi connectivity index (χ1n) is 7.40. The van der Waals surface area contributed by atoms with E-state index in [4.69, 9.17) is 4.52 Å². The predicted molar refractivity (Wildman–Crippen MR) is 85.0 cm³/mol. The maximum absolute atomic E-state index is 5.38. The minimum atomic E-state index is 0.441. The van der Waals surface area contributed by atoms with Crippen LogP contribution in [0.4, 0.5) is 0 Å². The fraction of sp³-hybridized carbons (Fsp3) is 0.267. The van der Waals surface area contributed by atoms with Gasteiger partial charge in [-0.2, -0.15) is 14.5 Å². The minimum absolute atomic E-state index is 0.441. The molecule has 5 rings (SSSR count). The maximum atomic E-state index is 5.38. The number of aryl methyl sites for hydroxylation is 1. The molecule has 1 N–H and O–H groups in total. The van der Waals surface area contributed by atoms with Gasteiger partial charge in [0, 0.05) is 23.2 Å². The summed E-state index contributed by atoms with van der Waals surface area (Å²) in [5.41, 5.74) is 3.61. The first-order chi connectivity index (χ1) is 11.3. The molecule has 4 aromatic heterocycles. The fourth-order valence-electron chi connectivity index (χ4n) is 2.56. The van der Waals surface area contributed by atoms with E-state index in [2.05, 4.69) is 29.7 Å². The zero-order chi connectivity index (χ0) is 15.4. The Morgan fingerprint density at radius 1 is 1.30 bits per heavy atom. The molecule has 0 radical (unpaired) electrons. The van der Waals surface area contributed by atoms with E-state index in [1.807, 2.05) is 19.1 Å². The van der Waals surface area contributed by atoms with Gasteiger partial charge in [0.2, 0.25) is 5.82 Å². The molecule has 8 heteroatoms. The highest BCUT2D eigenvalue weighted by molar-refractivity contribution is 7.12. The van der Waals surface area contributed by atoms with E-state index in [9.17, 15) is 0 Å². The molecule has 0 saturated heterocycles. The van der Waals surface area contributed by atoms with Crippen LogP contribution < -0.4 is 0 Å². The molecule has 1 fully saturated rings. The van der Waals surface area contributed by atoms with Crippen LogP contribution in [-0.2, 0) is 0 Å². The van der Waals surface area contributed by atoms with E-state index in [0.29, 0.717) is 23.3 Å². The van der Waals surface area contributed by atoms with Crippen LogP contribution in [0.2, 0.25) is 0 Å². The maximum Gasteiger partial charge on any atom is 0.259 e.